The summed E-state index contributed by atoms with van der Waals surface area (Å²) in [5, 5.41) is 0. The van der Waals surface area contributed by atoms with Crippen LogP contribution in [0.25, 0.3) is 0 Å². The zero-order valence-corrected chi connectivity index (χ0v) is 11.8. The molecule has 0 unspecified atom stereocenters. The monoisotopic (exact) mass is 277 g/mol. The van der Waals surface area contributed by atoms with E-state index in [4.69, 9.17) is 5.73 Å². The first-order valence-electron chi connectivity index (χ1n) is 6.40. The van der Waals surface area contributed by atoms with Crippen LogP contribution in [0.5, 0.6) is 0 Å². The van der Waals surface area contributed by atoms with Gasteiger partial charge in [-0.15, -0.1) is 0 Å². The summed E-state index contributed by atoms with van der Waals surface area (Å²) in [6, 6.07) is 0. The van der Waals surface area contributed by atoms with Gasteiger partial charge in [-0.05, 0) is 37.6 Å². The van der Waals surface area contributed by atoms with Crippen molar-refractivity contribution in [3.8, 4) is 0 Å². The number of unbranched alkanes of at least 4 members (excludes halogenated alkanes) is 2. The minimum absolute atomic E-state index is 0.123. The molecule has 18 heavy (non-hydrogen) atoms. The van der Waals surface area contributed by atoms with Crippen molar-refractivity contribution in [3.63, 3.8) is 0 Å². The smallest absolute Gasteiger partial charge is 0.306 e. The molecule has 1 saturated carbocycles. The average molecular weight is 277 g/mol. The van der Waals surface area contributed by atoms with Crippen LogP contribution in [0.3, 0.4) is 0 Å². The van der Waals surface area contributed by atoms with Gasteiger partial charge in [0.15, 0.2) is 9.84 Å². The maximum atomic E-state index is 11.9. The van der Waals surface area contributed by atoms with Crippen LogP contribution in [-0.4, -0.2) is 39.5 Å². The highest BCUT2D eigenvalue weighted by Gasteiger charge is 2.47. The summed E-state index contributed by atoms with van der Waals surface area (Å²) in [6.07, 6.45) is 4.22. The van der Waals surface area contributed by atoms with Crippen molar-refractivity contribution >= 4 is 15.8 Å². The van der Waals surface area contributed by atoms with Crippen molar-refractivity contribution in [2.75, 3.05) is 25.2 Å². The fraction of sp³-hybridized carbons (Fsp3) is 0.917. The van der Waals surface area contributed by atoms with E-state index in [2.05, 4.69) is 4.74 Å². The molecule has 106 valence electrons. The molecule has 2 N–H and O–H groups in total. The molecular formula is C12H23NO4S. The number of carbonyl (C=O) groups is 1. The average Bonchev–Trinajstić information content (AvgIpc) is 3.03. The van der Waals surface area contributed by atoms with Gasteiger partial charge >= 0.3 is 5.97 Å². The largest absolute Gasteiger partial charge is 0.469 e. The number of methoxy groups -OCH3 is 1. The van der Waals surface area contributed by atoms with Gasteiger partial charge in [-0.2, -0.15) is 0 Å². The molecule has 0 aromatic heterocycles. The zero-order valence-electron chi connectivity index (χ0n) is 11.0. The Morgan fingerprint density at radius 1 is 1.28 bits per heavy atom. The van der Waals surface area contributed by atoms with Crippen molar-refractivity contribution in [1.82, 2.24) is 0 Å². The van der Waals surface area contributed by atoms with E-state index in [0.717, 1.165) is 25.7 Å². The molecule has 0 saturated heterocycles. The molecule has 1 fully saturated rings. The second-order valence-corrected chi connectivity index (χ2v) is 7.38. The molecule has 1 aliphatic rings. The van der Waals surface area contributed by atoms with Gasteiger partial charge in [-0.3, -0.25) is 4.79 Å². The zero-order chi connectivity index (χ0) is 13.6. The number of hydrogen-bond acceptors (Lipinski definition) is 5. The van der Waals surface area contributed by atoms with Gasteiger partial charge in [0.25, 0.3) is 0 Å². The van der Waals surface area contributed by atoms with Crippen molar-refractivity contribution in [2.24, 2.45) is 11.1 Å². The Labute approximate surface area is 109 Å². The lowest BCUT2D eigenvalue weighted by atomic mass is 10.1. The molecule has 0 heterocycles. The van der Waals surface area contributed by atoms with Crippen molar-refractivity contribution in [3.05, 3.63) is 0 Å². The van der Waals surface area contributed by atoms with Crippen LogP contribution in [0.1, 0.15) is 38.5 Å². The number of rotatable bonds is 9. The Balaban J connectivity index is 2.38. The molecular weight excluding hydrogens is 254 g/mol. The Kier molecular flexibility index (Phi) is 5.59. The molecule has 0 spiro atoms. The number of hydrogen-bond donors (Lipinski definition) is 1. The molecule has 1 rings (SSSR count). The molecule has 0 aromatic rings. The van der Waals surface area contributed by atoms with E-state index in [0.29, 0.717) is 13.0 Å². The highest BCUT2D eigenvalue weighted by Crippen LogP contribution is 2.50. The Hall–Kier alpha value is -0.620. The Morgan fingerprint density at radius 2 is 1.94 bits per heavy atom. The molecule has 0 radical (unpaired) electrons. The van der Waals surface area contributed by atoms with E-state index in [1.807, 2.05) is 0 Å². The van der Waals surface area contributed by atoms with Gasteiger partial charge in [0.2, 0.25) is 0 Å². The summed E-state index contributed by atoms with van der Waals surface area (Å²) in [4.78, 5) is 11.2. The van der Waals surface area contributed by atoms with Gasteiger partial charge in [-0.25, -0.2) is 8.42 Å². The summed E-state index contributed by atoms with van der Waals surface area (Å²) in [5.74, 6) is 0.0130. The minimum Gasteiger partial charge on any atom is -0.469 e. The van der Waals surface area contributed by atoms with Gasteiger partial charge in [0.05, 0.1) is 25.0 Å². The normalized spacial score (nSPS) is 17.4. The molecule has 1 aliphatic carbocycles. The summed E-state index contributed by atoms with van der Waals surface area (Å²) in [6.45, 7) is 0.603. The van der Waals surface area contributed by atoms with Gasteiger partial charge in [0, 0.05) is 0 Å². The van der Waals surface area contributed by atoms with Crippen LogP contribution in [0.4, 0.5) is 0 Å². The molecule has 6 heteroatoms. The second-order valence-electron chi connectivity index (χ2n) is 5.19. The quantitative estimate of drug-likeness (QED) is 0.499. The number of esters is 1. The SMILES string of the molecule is COC(=O)CC1(CS(=O)(=O)CCCCCN)CC1. The van der Waals surface area contributed by atoms with Crippen molar-refractivity contribution in [1.29, 1.82) is 0 Å². The van der Waals surface area contributed by atoms with E-state index >= 15 is 0 Å². The van der Waals surface area contributed by atoms with Crippen LogP contribution < -0.4 is 5.73 Å². The summed E-state index contributed by atoms with van der Waals surface area (Å²) >= 11 is 0. The third-order valence-corrected chi connectivity index (χ3v) is 5.35. The Bertz CT molecular complexity index is 374. The number of nitrogens with two attached hydrogens (primary N) is 1. The molecule has 0 aliphatic heterocycles. The lowest BCUT2D eigenvalue weighted by Gasteiger charge is -2.13. The minimum atomic E-state index is -3.06. The predicted molar refractivity (Wildman–Crippen MR) is 69.9 cm³/mol. The fourth-order valence-corrected chi connectivity index (χ4v) is 4.22. The van der Waals surface area contributed by atoms with E-state index in [-0.39, 0.29) is 29.3 Å². The lowest BCUT2D eigenvalue weighted by Crippen LogP contribution is -2.23. The summed E-state index contributed by atoms with van der Waals surface area (Å²) in [5.41, 5.74) is 5.03. The van der Waals surface area contributed by atoms with Crippen LogP contribution in [0.15, 0.2) is 0 Å². The first kappa shape index (κ1) is 15.4. The van der Waals surface area contributed by atoms with E-state index in [1.54, 1.807) is 0 Å². The highest BCUT2D eigenvalue weighted by atomic mass is 32.2. The fourth-order valence-electron chi connectivity index (χ4n) is 2.11. The second kappa shape index (κ2) is 6.52. The van der Waals surface area contributed by atoms with E-state index in [9.17, 15) is 13.2 Å². The number of sulfone groups is 1. The van der Waals surface area contributed by atoms with Gasteiger partial charge in [0.1, 0.15) is 0 Å². The first-order valence-corrected chi connectivity index (χ1v) is 8.22. The molecule has 0 aromatic carbocycles. The first-order chi connectivity index (χ1) is 8.43. The maximum absolute atomic E-state index is 11.9. The standard InChI is InChI=1S/C12H23NO4S/c1-17-11(14)9-12(5-6-12)10-18(15,16)8-4-2-3-7-13/h2-10,13H2,1H3. The van der Waals surface area contributed by atoms with Crippen LogP contribution >= 0.6 is 0 Å². The molecule has 0 amide bonds. The van der Waals surface area contributed by atoms with Gasteiger partial charge in [-0.1, -0.05) is 6.42 Å². The summed E-state index contributed by atoms with van der Waals surface area (Å²) < 4.78 is 28.5. The predicted octanol–water partition coefficient (Wildman–Crippen LogP) is 0.874. The number of carbonyl (C=O) groups excluding carboxylic acids is 1. The number of ether oxygens (including phenoxy) is 1. The van der Waals surface area contributed by atoms with E-state index < -0.39 is 9.84 Å². The molecule has 0 atom stereocenters. The van der Waals surface area contributed by atoms with Gasteiger partial charge < -0.3 is 10.5 Å². The third kappa shape index (κ3) is 5.35. The maximum Gasteiger partial charge on any atom is 0.306 e. The summed E-state index contributed by atoms with van der Waals surface area (Å²) in [7, 11) is -1.73. The lowest BCUT2D eigenvalue weighted by molar-refractivity contribution is -0.141. The van der Waals surface area contributed by atoms with Crippen LogP contribution in [0, 0.1) is 5.41 Å². The van der Waals surface area contributed by atoms with Crippen LogP contribution in [0.2, 0.25) is 0 Å². The van der Waals surface area contributed by atoms with Crippen LogP contribution in [-0.2, 0) is 19.4 Å². The molecule has 0 bridgehead atoms. The highest BCUT2D eigenvalue weighted by molar-refractivity contribution is 7.91. The third-order valence-electron chi connectivity index (χ3n) is 3.39. The Morgan fingerprint density at radius 3 is 2.44 bits per heavy atom. The topological polar surface area (TPSA) is 86.5 Å². The van der Waals surface area contributed by atoms with Crippen molar-refractivity contribution < 1.29 is 17.9 Å². The van der Waals surface area contributed by atoms with Crippen molar-refractivity contribution in [2.45, 2.75) is 38.5 Å². The van der Waals surface area contributed by atoms with E-state index in [1.165, 1.54) is 7.11 Å². The molecule has 5 nitrogen and oxygen atoms in total.